The lowest BCUT2D eigenvalue weighted by atomic mass is 9.98. The smallest absolute Gasteiger partial charge is 0.452 e. The average molecular weight is 643 g/mol. The van der Waals surface area contributed by atoms with Gasteiger partial charge in [-0.05, 0) is 55.4 Å². The molecule has 45 heavy (non-hydrogen) atoms. The minimum Gasteiger partial charge on any atom is -0.481 e. The van der Waals surface area contributed by atoms with Gasteiger partial charge in [-0.3, -0.25) is 28.8 Å². The maximum absolute atomic E-state index is 13.5. The van der Waals surface area contributed by atoms with Crippen LogP contribution in [-0.4, -0.2) is 93.4 Å². The second kappa shape index (κ2) is 15.5. The van der Waals surface area contributed by atoms with E-state index >= 15 is 0 Å². The molecule has 0 radical (unpaired) electrons. The Morgan fingerprint density at radius 1 is 0.844 bits per heavy atom. The van der Waals surface area contributed by atoms with Crippen molar-refractivity contribution in [2.45, 2.75) is 83.7 Å². The summed E-state index contributed by atoms with van der Waals surface area (Å²) in [5.74, 6) is -9.18. The molecule has 1 aromatic carbocycles. The number of aliphatic carboxylic acids is 2. The van der Waals surface area contributed by atoms with Gasteiger partial charge in [0, 0.05) is 24.1 Å². The van der Waals surface area contributed by atoms with Crippen molar-refractivity contribution in [3.8, 4) is 0 Å². The van der Waals surface area contributed by atoms with Crippen molar-refractivity contribution in [1.82, 2.24) is 20.9 Å². The third kappa shape index (κ3) is 10.0. The fourth-order valence-corrected chi connectivity index (χ4v) is 4.72. The maximum Gasteiger partial charge on any atom is 0.452 e. The van der Waals surface area contributed by atoms with E-state index in [0.29, 0.717) is 6.42 Å². The van der Waals surface area contributed by atoms with E-state index in [1.165, 1.54) is 43.0 Å². The Morgan fingerprint density at radius 2 is 1.36 bits per heavy atom. The predicted molar refractivity (Wildman–Crippen MR) is 151 cm³/mol. The van der Waals surface area contributed by atoms with Crippen molar-refractivity contribution in [3.63, 3.8) is 0 Å². The lowest BCUT2D eigenvalue weighted by Crippen LogP contribution is -2.58. The van der Waals surface area contributed by atoms with Gasteiger partial charge in [0.25, 0.3) is 17.6 Å². The number of carboxylic acids is 2. The number of carbonyl (C=O) groups excluding carboxylic acids is 5. The normalized spacial score (nSPS) is 16.9. The topological polar surface area (TPSA) is 199 Å². The van der Waals surface area contributed by atoms with Crippen LogP contribution in [0.15, 0.2) is 24.3 Å². The number of hydrogen-bond acceptors (Lipinski definition) is 7. The summed E-state index contributed by atoms with van der Waals surface area (Å²) in [6.45, 7) is 6.08. The van der Waals surface area contributed by atoms with Crippen molar-refractivity contribution in [2.75, 3.05) is 6.54 Å². The van der Waals surface area contributed by atoms with Gasteiger partial charge in [0.05, 0.1) is 6.04 Å². The summed E-state index contributed by atoms with van der Waals surface area (Å²) in [7, 11) is 0. The molecule has 4 atom stereocenters. The Kier molecular flexibility index (Phi) is 12.6. The molecule has 1 saturated heterocycles. The summed E-state index contributed by atoms with van der Waals surface area (Å²) in [5.41, 5.74) is 0.0195. The number of Topliss-reactive ketones (excluding diaryl/α,β-unsaturated/α-hetero) is 1. The van der Waals surface area contributed by atoms with Gasteiger partial charge >= 0.3 is 18.1 Å². The first-order chi connectivity index (χ1) is 20.8. The third-order valence-corrected chi connectivity index (χ3v) is 7.24. The number of benzene rings is 1. The molecule has 2 rings (SSSR count). The molecule has 0 aliphatic carbocycles. The van der Waals surface area contributed by atoms with Crippen LogP contribution in [0.25, 0.3) is 0 Å². The molecule has 1 aromatic rings. The molecule has 4 amide bonds. The number of likely N-dealkylation sites (tertiary alicyclic amines) is 1. The van der Waals surface area contributed by atoms with E-state index in [4.69, 9.17) is 5.11 Å². The predicted octanol–water partition coefficient (Wildman–Crippen LogP) is 1.75. The third-order valence-electron chi connectivity index (χ3n) is 7.24. The molecular weight excluding hydrogens is 605 g/mol. The molecule has 16 heteroatoms. The highest BCUT2D eigenvalue weighted by Crippen LogP contribution is 2.24. The minimum absolute atomic E-state index is 0.0146. The SMILES string of the molecule is CC(C)C(NC(=O)[C@@H]1CCCN1C(=O)[C@@H](NC(=O)c1ccc(C(=O)N[C@@H](CCC(=O)O)C(=O)O)cc1)C(C)C)C(=O)C(F)(F)F. The number of ketones is 1. The van der Waals surface area contributed by atoms with Crippen LogP contribution in [0.1, 0.15) is 74.1 Å². The number of carbonyl (C=O) groups is 7. The molecule has 0 aromatic heterocycles. The first-order valence-corrected chi connectivity index (χ1v) is 14.2. The molecule has 248 valence electrons. The molecule has 1 aliphatic rings. The Bertz CT molecular complexity index is 1300. The second-order valence-corrected chi connectivity index (χ2v) is 11.4. The number of alkyl halides is 3. The van der Waals surface area contributed by atoms with E-state index in [1.54, 1.807) is 13.8 Å². The lowest BCUT2D eigenvalue weighted by molar-refractivity contribution is -0.175. The highest BCUT2D eigenvalue weighted by molar-refractivity contribution is 6.01. The number of nitrogens with zero attached hydrogens (tertiary/aromatic N) is 1. The maximum atomic E-state index is 13.5. The number of amides is 4. The van der Waals surface area contributed by atoms with Gasteiger partial charge in [-0.25, -0.2) is 4.79 Å². The van der Waals surface area contributed by atoms with Crippen LogP contribution < -0.4 is 16.0 Å². The number of halogens is 3. The van der Waals surface area contributed by atoms with Gasteiger partial charge in [0.2, 0.25) is 11.8 Å². The van der Waals surface area contributed by atoms with Crippen LogP contribution in [0.3, 0.4) is 0 Å². The average Bonchev–Trinajstić information content (AvgIpc) is 3.45. The Labute approximate surface area is 256 Å². The van der Waals surface area contributed by atoms with Crippen LogP contribution in [0, 0.1) is 11.8 Å². The van der Waals surface area contributed by atoms with Crippen LogP contribution >= 0.6 is 0 Å². The molecule has 0 bridgehead atoms. The summed E-state index contributed by atoms with van der Waals surface area (Å²) >= 11 is 0. The van der Waals surface area contributed by atoms with Crippen molar-refractivity contribution in [2.24, 2.45) is 11.8 Å². The molecule has 5 N–H and O–H groups in total. The Morgan fingerprint density at radius 3 is 1.80 bits per heavy atom. The monoisotopic (exact) mass is 642 g/mol. The zero-order valence-electron chi connectivity index (χ0n) is 25.1. The number of rotatable bonds is 14. The zero-order valence-corrected chi connectivity index (χ0v) is 25.1. The number of carboxylic acid groups (broad SMARTS) is 2. The Hall–Kier alpha value is -4.50. The molecular formula is C29H37F3N4O9. The quantitative estimate of drug-likeness (QED) is 0.201. The van der Waals surface area contributed by atoms with E-state index < -0.39 is 90.0 Å². The van der Waals surface area contributed by atoms with Crippen LogP contribution in [0.2, 0.25) is 0 Å². The zero-order chi connectivity index (χ0) is 34.2. The largest absolute Gasteiger partial charge is 0.481 e. The summed E-state index contributed by atoms with van der Waals surface area (Å²) in [6, 6.07) is -0.587. The standard InChI is InChI=1S/C29H37F3N4O9/c1-14(2)21(23(39)29(30,31)32)34-26(42)19-6-5-13-36(19)27(43)22(15(3)4)35-25(41)17-9-7-16(8-10-17)24(40)33-18(28(44)45)11-12-20(37)38/h7-10,14-15,18-19,21-22H,5-6,11-13H2,1-4H3,(H,33,40)(H,34,42)(H,35,41)(H,37,38)(H,44,45)/t18-,19-,21?,22-/m0/s1. The summed E-state index contributed by atoms with van der Waals surface area (Å²) in [5, 5.41) is 25.0. The highest BCUT2D eigenvalue weighted by atomic mass is 19.4. The molecule has 1 unspecified atom stereocenters. The Balaban J connectivity index is 2.14. The number of nitrogens with one attached hydrogen (secondary N) is 3. The van der Waals surface area contributed by atoms with Crippen molar-refractivity contribution in [1.29, 1.82) is 0 Å². The number of hydrogen-bond donors (Lipinski definition) is 5. The minimum atomic E-state index is -5.16. The van der Waals surface area contributed by atoms with Gasteiger partial charge in [-0.1, -0.05) is 27.7 Å². The van der Waals surface area contributed by atoms with E-state index in [1.807, 2.05) is 0 Å². The van der Waals surface area contributed by atoms with Gasteiger partial charge in [-0.15, -0.1) is 0 Å². The highest BCUT2D eigenvalue weighted by Gasteiger charge is 2.46. The van der Waals surface area contributed by atoms with E-state index in [-0.39, 0.29) is 30.5 Å². The van der Waals surface area contributed by atoms with Crippen LogP contribution in [0.5, 0.6) is 0 Å². The van der Waals surface area contributed by atoms with Gasteiger partial charge in [0.15, 0.2) is 0 Å². The van der Waals surface area contributed by atoms with Crippen LogP contribution in [0.4, 0.5) is 13.2 Å². The first-order valence-electron chi connectivity index (χ1n) is 14.2. The molecule has 0 saturated carbocycles. The fraction of sp³-hybridized carbons (Fsp3) is 0.552. The van der Waals surface area contributed by atoms with Crippen molar-refractivity contribution in [3.05, 3.63) is 35.4 Å². The summed E-state index contributed by atoms with van der Waals surface area (Å²) in [4.78, 5) is 87.2. The van der Waals surface area contributed by atoms with E-state index in [0.717, 1.165) is 0 Å². The summed E-state index contributed by atoms with van der Waals surface area (Å²) < 4.78 is 39.2. The second-order valence-electron chi connectivity index (χ2n) is 11.4. The molecule has 1 aliphatic heterocycles. The van der Waals surface area contributed by atoms with E-state index in [9.17, 15) is 51.8 Å². The van der Waals surface area contributed by atoms with Gasteiger partial charge in [-0.2, -0.15) is 13.2 Å². The van der Waals surface area contributed by atoms with Crippen LogP contribution in [-0.2, 0) is 24.0 Å². The summed E-state index contributed by atoms with van der Waals surface area (Å²) in [6.07, 6.45) is -5.48. The lowest BCUT2D eigenvalue weighted by Gasteiger charge is -2.32. The van der Waals surface area contributed by atoms with Crippen molar-refractivity contribution < 1.29 is 56.9 Å². The molecule has 0 spiro atoms. The molecule has 1 heterocycles. The van der Waals surface area contributed by atoms with Gasteiger partial charge < -0.3 is 31.1 Å². The molecule has 13 nitrogen and oxygen atoms in total. The van der Waals surface area contributed by atoms with Crippen molar-refractivity contribution >= 4 is 41.4 Å². The molecule has 1 fully saturated rings. The van der Waals surface area contributed by atoms with Gasteiger partial charge in [0.1, 0.15) is 18.1 Å². The fourth-order valence-electron chi connectivity index (χ4n) is 4.72. The van der Waals surface area contributed by atoms with E-state index in [2.05, 4.69) is 16.0 Å². The first kappa shape index (κ1) is 36.7.